The number of anilines is 1. The molecule has 2 aromatic heterocycles. The number of aliphatic hydroxyl groups excluding tert-OH is 1. The van der Waals surface area contributed by atoms with Gasteiger partial charge in [-0.2, -0.15) is 5.26 Å². The summed E-state index contributed by atoms with van der Waals surface area (Å²) in [4.78, 5) is 4.69. The summed E-state index contributed by atoms with van der Waals surface area (Å²) in [5.41, 5.74) is 8.07. The first kappa shape index (κ1) is 22.3. The van der Waals surface area contributed by atoms with E-state index in [-0.39, 0.29) is 12.1 Å². The summed E-state index contributed by atoms with van der Waals surface area (Å²) in [6.07, 6.45) is 7.34. The van der Waals surface area contributed by atoms with E-state index < -0.39 is 0 Å². The third kappa shape index (κ3) is 4.00. The fourth-order valence-corrected chi connectivity index (χ4v) is 5.49. The molecule has 6 rings (SSSR count). The van der Waals surface area contributed by atoms with E-state index in [2.05, 4.69) is 70.5 Å². The zero-order valence-corrected chi connectivity index (χ0v) is 20.3. The van der Waals surface area contributed by atoms with E-state index in [4.69, 9.17) is 0 Å². The summed E-state index contributed by atoms with van der Waals surface area (Å²) in [5.74, 6) is 0. The van der Waals surface area contributed by atoms with Gasteiger partial charge >= 0.3 is 0 Å². The molecule has 3 aromatic carbocycles. The molecular weight excluding hydrogens is 444 g/mol. The molecule has 5 nitrogen and oxygen atoms in total. The van der Waals surface area contributed by atoms with Gasteiger partial charge in [-0.1, -0.05) is 30.3 Å². The lowest BCUT2D eigenvalue weighted by molar-refractivity contribution is 0.126. The maximum absolute atomic E-state index is 9.86. The van der Waals surface area contributed by atoms with Crippen molar-refractivity contribution in [2.24, 2.45) is 0 Å². The molecule has 5 aromatic rings. The minimum absolute atomic E-state index is 0.203. The molecule has 0 aliphatic heterocycles. The number of hydrogen-bond donors (Lipinski definition) is 2. The number of hydrogen-bond acceptors (Lipinski definition) is 4. The van der Waals surface area contributed by atoms with Crippen LogP contribution in [0.2, 0.25) is 0 Å². The zero-order valence-electron chi connectivity index (χ0n) is 20.3. The summed E-state index contributed by atoms with van der Waals surface area (Å²) in [7, 11) is 0. The van der Waals surface area contributed by atoms with E-state index in [0.29, 0.717) is 5.56 Å². The molecule has 1 fully saturated rings. The Morgan fingerprint density at radius 2 is 1.83 bits per heavy atom. The van der Waals surface area contributed by atoms with Gasteiger partial charge in [-0.15, -0.1) is 0 Å². The monoisotopic (exact) mass is 472 g/mol. The van der Waals surface area contributed by atoms with Crippen molar-refractivity contribution in [1.82, 2.24) is 9.55 Å². The van der Waals surface area contributed by atoms with Crippen molar-refractivity contribution in [1.29, 1.82) is 5.26 Å². The Morgan fingerprint density at radius 1 is 1.00 bits per heavy atom. The number of aromatic nitrogens is 2. The quantitative estimate of drug-likeness (QED) is 0.304. The average molecular weight is 473 g/mol. The number of para-hydroxylation sites is 1. The number of aliphatic hydroxyl groups is 1. The molecule has 0 unspecified atom stereocenters. The predicted molar refractivity (Wildman–Crippen MR) is 145 cm³/mol. The van der Waals surface area contributed by atoms with Crippen LogP contribution in [0, 0.1) is 18.3 Å². The normalized spacial score (nSPS) is 17.8. The number of nitrogens with one attached hydrogen (secondary N) is 1. The van der Waals surface area contributed by atoms with E-state index in [0.717, 1.165) is 64.6 Å². The highest BCUT2D eigenvalue weighted by atomic mass is 16.3. The number of aryl methyl sites for hydroxylation is 1. The Hall–Kier alpha value is -4.14. The van der Waals surface area contributed by atoms with Crippen molar-refractivity contribution in [2.75, 3.05) is 5.32 Å². The number of benzene rings is 3. The number of rotatable bonds is 4. The van der Waals surface area contributed by atoms with Crippen molar-refractivity contribution in [2.45, 2.75) is 44.8 Å². The standard InChI is InChI=1S/C31H28N4O/c1-20-19-35(25-12-9-22(17-32)29(16-25)34-24-10-13-26(36)14-11-24)30-8-4-6-27(31(20)30)23-15-21-5-2-3-7-28(21)33-18-23/h2-9,12,15-16,18-19,24,26,34,36H,10-11,13-14H2,1H3/t24-,26-. The molecule has 1 aliphatic carbocycles. The Balaban J connectivity index is 1.42. The second-order valence-corrected chi connectivity index (χ2v) is 9.79. The molecule has 2 N–H and O–H groups in total. The molecule has 36 heavy (non-hydrogen) atoms. The fourth-order valence-electron chi connectivity index (χ4n) is 5.49. The Kier molecular flexibility index (Phi) is 5.67. The smallest absolute Gasteiger partial charge is 0.101 e. The van der Waals surface area contributed by atoms with E-state index >= 15 is 0 Å². The lowest BCUT2D eigenvalue weighted by Crippen LogP contribution is -2.28. The Morgan fingerprint density at radius 3 is 2.67 bits per heavy atom. The maximum Gasteiger partial charge on any atom is 0.101 e. The molecule has 0 bridgehead atoms. The van der Waals surface area contributed by atoms with Crippen LogP contribution < -0.4 is 5.32 Å². The van der Waals surface area contributed by atoms with Crippen molar-refractivity contribution < 1.29 is 5.11 Å². The number of nitriles is 1. The van der Waals surface area contributed by atoms with Crippen LogP contribution >= 0.6 is 0 Å². The molecule has 0 atom stereocenters. The van der Waals surface area contributed by atoms with Gasteiger partial charge in [0.15, 0.2) is 0 Å². The number of fused-ring (bicyclic) bond motifs is 2. The molecule has 1 aliphatic rings. The maximum atomic E-state index is 9.86. The van der Waals surface area contributed by atoms with Gasteiger partial charge in [0.05, 0.1) is 28.4 Å². The van der Waals surface area contributed by atoms with E-state index in [1.54, 1.807) is 0 Å². The Bertz CT molecular complexity index is 1620. The van der Waals surface area contributed by atoms with Crippen LogP contribution in [-0.4, -0.2) is 26.8 Å². The van der Waals surface area contributed by atoms with Gasteiger partial charge in [0.1, 0.15) is 6.07 Å². The summed E-state index contributed by atoms with van der Waals surface area (Å²) in [5, 5.41) is 25.5. The summed E-state index contributed by atoms with van der Waals surface area (Å²) < 4.78 is 2.21. The number of nitrogens with zero attached hydrogens (tertiary/aromatic N) is 3. The van der Waals surface area contributed by atoms with Crippen LogP contribution in [0.3, 0.4) is 0 Å². The lowest BCUT2D eigenvalue weighted by Gasteiger charge is -2.27. The van der Waals surface area contributed by atoms with Crippen molar-refractivity contribution >= 4 is 27.5 Å². The number of pyridine rings is 1. The van der Waals surface area contributed by atoms with Crippen LogP contribution in [-0.2, 0) is 0 Å². The second-order valence-electron chi connectivity index (χ2n) is 9.79. The SMILES string of the molecule is Cc1cn(-c2ccc(C#N)c(N[C@H]3CC[C@H](O)CC3)c2)c2cccc(-c3cnc4ccccc4c3)c12. The molecule has 0 amide bonds. The van der Waals surface area contributed by atoms with Crippen LogP contribution in [0.1, 0.15) is 36.8 Å². The van der Waals surface area contributed by atoms with E-state index in [1.165, 1.54) is 10.9 Å². The summed E-state index contributed by atoms with van der Waals surface area (Å²) in [6, 6.07) is 25.4. The minimum Gasteiger partial charge on any atom is -0.393 e. The van der Waals surface area contributed by atoms with Crippen LogP contribution in [0.4, 0.5) is 5.69 Å². The Labute approximate surface area is 210 Å². The summed E-state index contributed by atoms with van der Waals surface area (Å²) >= 11 is 0. The topological polar surface area (TPSA) is 73.9 Å². The first-order valence-corrected chi connectivity index (χ1v) is 12.6. The van der Waals surface area contributed by atoms with Gasteiger partial charge in [-0.3, -0.25) is 4.98 Å². The van der Waals surface area contributed by atoms with Gasteiger partial charge in [0, 0.05) is 40.5 Å². The van der Waals surface area contributed by atoms with Crippen LogP contribution in [0.5, 0.6) is 0 Å². The third-order valence-electron chi connectivity index (χ3n) is 7.38. The molecule has 5 heteroatoms. The van der Waals surface area contributed by atoms with Gasteiger partial charge in [0.25, 0.3) is 0 Å². The highest BCUT2D eigenvalue weighted by molar-refractivity contribution is 6.00. The lowest BCUT2D eigenvalue weighted by atomic mass is 9.93. The third-order valence-corrected chi connectivity index (χ3v) is 7.38. The largest absolute Gasteiger partial charge is 0.393 e. The highest BCUT2D eigenvalue weighted by Crippen LogP contribution is 2.35. The van der Waals surface area contributed by atoms with Gasteiger partial charge in [-0.05, 0) is 80.1 Å². The second kappa shape index (κ2) is 9.14. The molecule has 0 saturated heterocycles. The predicted octanol–water partition coefficient (Wildman–Crippen LogP) is 6.74. The van der Waals surface area contributed by atoms with Gasteiger partial charge < -0.3 is 15.0 Å². The molecular formula is C31H28N4O. The van der Waals surface area contributed by atoms with E-state index in [9.17, 15) is 10.4 Å². The molecule has 0 radical (unpaired) electrons. The molecule has 2 heterocycles. The van der Waals surface area contributed by atoms with Crippen molar-refractivity contribution in [3.63, 3.8) is 0 Å². The summed E-state index contributed by atoms with van der Waals surface area (Å²) in [6.45, 7) is 2.15. The van der Waals surface area contributed by atoms with Crippen molar-refractivity contribution in [3.05, 3.63) is 90.3 Å². The van der Waals surface area contributed by atoms with Crippen LogP contribution in [0.25, 0.3) is 38.6 Å². The highest BCUT2D eigenvalue weighted by Gasteiger charge is 2.20. The van der Waals surface area contributed by atoms with Crippen LogP contribution in [0.15, 0.2) is 79.1 Å². The first-order valence-electron chi connectivity index (χ1n) is 12.6. The van der Waals surface area contributed by atoms with Gasteiger partial charge in [-0.25, -0.2) is 0 Å². The van der Waals surface area contributed by atoms with E-state index in [1.807, 2.05) is 36.5 Å². The van der Waals surface area contributed by atoms with Crippen molar-refractivity contribution in [3.8, 4) is 22.9 Å². The average Bonchev–Trinajstić information content (AvgIpc) is 3.26. The molecule has 1 saturated carbocycles. The first-order chi connectivity index (χ1) is 17.6. The zero-order chi connectivity index (χ0) is 24.6. The fraction of sp³-hybridized carbons (Fsp3) is 0.226. The van der Waals surface area contributed by atoms with Gasteiger partial charge in [0.2, 0.25) is 0 Å². The molecule has 0 spiro atoms. The minimum atomic E-state index is -0.203. The molecule has 178 valence electrons.